The predicted molar refractivity (Wildman–Crippen MR) is 73.7 cm³/mol. The smallest absolute Gasteiger partial charge is 0.418 e. The molecular formula is C15H18F3NO2. The highest BCUT2D eigenvalue weighted by molar-refractivity contribution is 5.88. The van der Waals surface area contributed by atoms with Crippen molar-refractivity contribution in [1.29, 1.82) is 0 Å². The molecular weight excluding hydrogens is 283 g/mol. The van der Waals surface area contributed by atoms with Crippen LogP contribution in [0, 0.1) is 0 Å². The van der Waals surface area contributed by atoms with E-state index in [-0.39, 0.29) is 17.3 Å². The van der Waals surface area contributed by atoms with Crippen LogP contribution in [0.1, 0.15) is 48.5 Å². The van der Waals surface area contributed by atoms with Crippen molar-refractivity contribution in [2.24, 2.45) is 0 Å². The van der Waals surface area contributed by atoms with E-state index in [1.165, 1.54) is 12.1 Å². The van der Waals surface area contributed by atoms with Crippen LogP contribution in [-0.2, 0) is 6.18 Å². The quantitative estimate of drug-likeness (QED) is 0.891. The number of benzene rings is 1. The summed E-state index contributed by atoms with van der Waals surface area (Å²) in [4.78, 5) is 12.7. The van der Waals surface area contributed by atoms with Crippen molar-refractivity contribution in [3.8, 4) is 0 Å². The number of nitrogens with zero attached hydrogens (tertiary/aromatic N) is 1. The van der Waals surface area contributed by atoms with Crippen LogP contribution in [0.2, 0.25) is 0 Å². The van der Waals surface area contributed by atoms with Crippen LogP contribution in [0.4, 0.5) is 18.9 Å². The molecule has 116 valence electrons. The standard InChI is InChI=1S/C15H18F3NO2/c1-10-5-3-2-4-8-19(10)13-7-6-11(14(20)21)9-12(13)15(16,17)18/h6-7,9-10H,2-5,8H2,1H3,(H,20,21). The van der Waals surface area contributed by atoms with Crippen molar-refractivity contribution in [2.75, 3.05) is 11.4 Å². The van der Waals surface area contributed by atoms with Gasteiger partial charge in [-0.2, -0.15) is 13.2 Å². The predicted octanol–water partition coefficient (Wildman–Crippen LogP) is 4.17. The molecule has 1 atom stereocenters. The Kier molecular flexibility index (Phi) is 4.44. The zero-order valence-electron chi connectivity index (χ0n) is 11.8. The minimum Gasteiger partial charge on any atom is -0.478 e. The number of anilines is 1. The summed E-state index contributed by atoms with van der Waals surface area (Å²) >= 11 is 0. The van der Waals surface area contributed by atoms with Gasteiger partial charge in [-0.3, -0.25) is 0 Å². The first-order valence-corrected chi connectivity index (χ1v) is 7.02. The van der Waals surface area contributed by atoms with Gasteiger partial charge in [0.2, 0.25) is 0 Å². The fourth-order valence-electron chi connectivity index (χ4n) is 2.78. The molecule has 0 radical (unpaired) electrons. The summed E-state index contributed by atoms with van der Waals surface area (Å²) in [5, 5.41) is 8.89. The maximum atomic E-state index is 13.3. The number of aromatic carboxylic acids is 1. The van der Waals surface area contributed by atoms with Crippen LogP contribution in [0.5, 0.6) is 0 Å². The second-order valence-corrected chi connectivity index (χ2v) is 5.43. The number of rotatable bonds is 2. The van der Waals surface area contributed by atoms with Crippen molar-refractivity contribution in [1.82, 2.24) is 0 Å². The van der Waals surface area contributed by atoms with Crippen molar-refractivity contribution in [2.45, 2.75) is 44.8 Å². The minimum atomic E-state index is -4.56. The highest BCUT2D eigenvalue weighted by atomic mass is 19.4. The number of carbonyl (C=O) groups is 1. The zero-order chi connectivity index (χ0) is 15.6. The Morgan fingerprint density at radius 3 is 2.62 bits per heavy atom. The van der Waals surface area contributed by atoms with E-state index in [2.05, 4.69) is 0 Å². The second kappa shape index (κ2) is 5.95. The van der Waals surface area contributed by atoms with Gasteiger partial charge in [0.1, 0.15) is 0 Å². The molecule has 1 saturated heterocycles. The van der Waals surface area contributed by atoms with Crippen LogP contribution in [-0.4, -0.2) is 23.7 Å². The lowest BCUT2D eigenvalue weighted by Gasteiger charge is -2.32. The summed E-state index contributed by atoms with van der Waals surface area (Å²) in [6.45, 7) is 2.48. The molecule has 0 aliphatic carbocycles. The molecule has 1 aromatic rings. The van der Waals surface area contributed by atoms with Crippen molar-refractivity contribution >= 4 is 11.7 Å². The number of hydrogen-bond acceptors (Lipinski definition) is 2. The molecule has 6 heteroatoms. The average Bonchev–Trinajstić information content (AvgIpc) is 2.61. The molecule has 1 heterocycles. The largest absolute Gasteiger partial charge is 0.478 e. The van der Waals surface area contributed by atoms with Gasteiger partial charge in [0.05, 0.1) is 11.1 Å². The van der Waals surface area contributed by atoms with Gasteiger partial charge in [-0.05, 0) is 38.0 Å². The fourth-order valence-corrected chi connectivity index (χ4v) is 2.78. The van der Waals surface area contributed by atoms with E-state index in [4.69, 9.17) is 5.11 Å². The Labute approximate surface area is 121 Å². The minimum absolute atomic E-state index is 0.0179. The Hall–Kier alpha value is -1.72. The van der Waals surface area contributed by atoms with Crippen LogP contribution < -0.4 is 4.90 Å². The maximum Gasteiger partial charge on any atom is 0.418 e. The van der Waals surface area contributed by atoms with Gasteiger partial charge in [-0.15, -0.1) is 0 Å². The summed E-state index contributed by atoms with van der Waals surface area (Å²) in [6, 6.07) is 3.28. The third kappa shape index (κ3) is 3.49. The second-order valence-electron chi connectivity index (χ2n) is 5.43. The molecule has 1 N–H and O–H groups in total. The van der Waals surface area contributed by atoms with Crippen molar-refractivity contribution in [3.63, 3.8) is 0 Å². The van der Waals surface area contributed by atoms with Gasteiger partial charge in [0.25, 0.3) is 0 Å². The third-order valence-corrected chi connectivity index (χ3v) is 3.91. The SMILES string of the molecule is CC1CCCCCN1c1ccc(C(=O)O)cc1C(F)(F)F. The van der Waals surface area contributed by atoms with Crippen molar-refractivity contribution in [3.05, 3.63) is 29.3 Å². The van der Waals surface area contributed by atoms with Crippen LogP contribution in [0.25, 0.3) is 0 Å². The molecule has 0 spiro atoms. The van der Waals surface area contributed by atoms with E-state index in [1.807, 2.05) is 6.92 Å². The summed E-state index contributed by atoms with van der Waals surface area (Å²) in [6.07, 6.45) is -0.852. The van der Waals surface area contributed by atoms with E-state index >= 15 is 0 Å². The number of halogens is 3. The third-order valence-electron chi connectivity index (χ3n) is 3.91. The normalized spacial score (nSPS) is 20.2. The highest BCUT2D eigenvalue weighted by Gasteiger charge is 2.36. The first kappa shape index (κ1) is 15.7. The summed E-state index contributed by atoms with van der Waals surface area (Å²) in [5.74, 6) is -1.35. The van der Waals surface area contributed by atoms with E-state index in [0.29, 0.717) is 6.54 Å². The molecule has 0 amide bonds. The van der Waals surface area contributed by atoms with Crippen LogP contribution >= 0.6 is 0 Å². The fraction of sp³-hybridized carbons (Fsp3) is 0.533. The summed E-state index contributed by atoms with van der Waals surface area (Å²) in [5.41, 5.74) is -1.12. The number of carboxylic acids is 1. The van der Waals surface area contributed by atoms with Crippen LogP contribution in [0.3, 0.4) is 0 Å². The number of alkyl halides is 3. The van der Waals surface area contributed by atoms with Gasteiger partial charge < -0.3 is 10.0 Å². The zero-order valence-corrected chi connectivity index (χ0v) is 11.8. The molecule has 1 aromatic carbocycles. The Morgan fingerprint density at radius 2 is 2.00 bits per heavy atom. The Balaban J connectivity index is 2.48. The Morgan fingerprint density at radius 1 is 1.29 bits per heavy atom. The van der Waals surface area contributed by atoms with Crippen LogP contribution in [0.15, 0.2) is 18.2 Å². The molecule has 1 unspecified atom stereocenters. The van der Waals surface area contributed by atoms with Gasteiger partial charge in [-0.25, -0.2) is 4.79 Å². The Bertz CT molecular complexity index is 528. The molecule has 1 aliphatic rings. The monoisotopic (exact) mass is 301 g/mol. The average molecular weight is 301 g/mol. The van der Waals surface area contributed by atoms with Gasteiger partial charge in [-0.1, -0.05) is 12.8 Å². The summed E-state index contributed by atoms with van der Waals surface area (Å²) in [7, 11) is 0. The first-order chi connectivity index (χ1) is 9.80. The van der Waals surface area contributed by atoms with E-state index in [0.717, 1.165) is 31.7 Å². The van der Waals surface area contributed by atoms with Gasteiger partial charge >= 0.3 is 12.1 Å². The molecule has 1 fully saturated rings. The number of carboxylic acid groups (broad SMARTS) is 1. The topological polar surface area (TPSA) is 40.5 Å². The van der Waals surface area contributed by atoms with E-state index in [1.54, 1.807) is 4.90 Å². The maximum absolute atomic E-state index is 13.3. The number of hydrogen-bond donors (Lipinski definition) is 1. The summed E-state index contributed by atoms with van der Waals surface area (Å²) < 4.78 is 39.8. The first-order valence-electron chi connectivity index (χ1n) is 7.02. The van der Waals surface area contributed by atoms with Gasteiger partial charge in [0, 0.05) is 18.3 Å². The van der Waals surface area contributed by atoms with E-state index in [9.17, 15) is 18.0 Å². The molecule has 2 rings (SSSR count). The van der Waals surface area contributed by atoms with E-state index < -0.39 is 17.7 Å². The molecule has 0 bridgehead atoms. The molecule has 0 aromatic heterocycles. The lowest BCUT2D eigenvalue weighted by Crippen LogP contribution is -2.34. The lowest BCUT2D eigenvalue weighted by atomic mass is 10.0. The van der Waals surface area contributed by atoms with Gasteiger partial charge in [0.15, 0.2) is 0 Å². The van der Waals surface area contributed by atoms with Crippen molar-refractivity contribution < 1.29 is 23.1 Å². The molecule has 3 nitrogen and oxygen atoms in total. The molecule has 1 aliphatic heterocycles. The molecule has 21 heavy (non-hydrogen) atoms. The molecule has 0 saturated carbocycles. The highest BCUT2D eigenvalue weighted by Crippen LogP contribution is 2.39. The lowest BCUT2D eigenvalue weighted by molar-refractivity contribution is -0.137.